The highest BCUT2D eigenvalue weighted by Gasteiger charge is 2.27. The van der Waals surface area contributed by atoms with Gasteiger partial charge in [-0.15, -0.1) is 0 Å². The van der Waals surface area contributed by atoms with E-state index in [0.29, 0.717) is 5.95 Å². The molecule has 0 aliphatic heterocycles. The van der Waals surface area contributed by atoms with Crippen molar-refractivity contribution in [2.75, 3.05) is 14.7 Å². The van der Waals surface area contributed by atoms with Gasteiger partial charge in [-0.2, -0.15) is 4.98 Å². The fraction of sp³-hybridized carbons (Fsp3) is 0. The van der Waals surface area contributed by atoms with Crippen molar-refractivity contribution in [3.05, 3.63) is 328 Å². The predicted octanol–water partition coefficient (Wildman–Crippen LogP) is 21.3. The molecule has 0 bridgehead atoms. The first-order valence-corrected chi connectivity index (χ1v) is 29.8. The van der Waals surface area contributed by atoms with Gasteiger partial charge >= 0.3 is 0 Å². The molecule has 0 atom stereocenters. The van der Waals surface area contributed by atoms with Crippen molar-refractivity contribution >= 4 is 128 Å². The highest BCUT2D eigenvalue weighted by Crippen LogP contribution is 2.46. The molecule has 0 amide bonds. The van der Waals surface area contributed by atoms with Gasteiger partial charge in [0.1, 0.15) is 0 Å². The Morgan fingerprint density at radius 2 is 0.568 bits per heavy atom. The van der Waals surface area contributed by atoms with Gasteiger partial charge < -0.3 is 18.6 Å². The molecular formula is C80H54N8. The van der Waals surface area contributed by atoms with Gasteiger partial charge in [-0.05, 0) is 152 Å². The molecule has 0 unspecified atom stereocenters. The van der Waals surface area contributed by atoms with Crippen LogP contribution in [0, 0.1) is 0 Å². The molecule has 17 aromatic rings. The first-order chi connectivity index (χ1) is 43.7. The molecule has 8 heteroatoms. The van der Waals surface area contributed by atoms with E-state index in [1.54, 1.807) is 0 Å². The van der Waals surface area contributed by atoms with Gasteiger partial charge in [0.2, 0.25) is 5.95 Å². The van der Waals surface area contributed by atoms with Crippen molar-refractivity contribution in [2.45, 2.75) is 0 Å². The Hall–Kier alpha value is -12.0. The van der Waals surface area contributed by atoms with Gasteiger partial charge in [0, 0.05) is 88.9 Å². The van der Waals surface area contributed by atoms with Crippen molar-refractivity contribution in [2.24, 2.45) is 0 Å². The molecule has 0 fully saturated rings. The zero-order valence-corrected chi connectivity index (χ0v) is 47.8. The minimum Gasteiger partial charge on any atom is -0.310 e. The lowest BCUT2D eigenvalue weighted by molar-refractivity contribution is 1.08. The number of fused-ring (bicyclic) bond motifs is 10. The first kappa shape index (κ1) is 50.5. The standard InChI is InChI=1S/C80H54N8/c1-7-25-55(26-8-1)83(56-27-9-2-10-28-56)63-43-47-69-66-38-20-23-41-74(66)88(78(69)53-63)62-45-49-72-71(52-62)79(84(57-29-11-3-12-30-57)61-46-50-76-70(51-61)67-39-21-24-42-75(67)86(76)59-33-15-5-16-34-59)82-80(81-72)85(58-31-13-4-14-32-58)64-44-48-68-65-37-19-22-40-73(65)87(77(68)54-64)60-35-17-6-18-36-60/h1-54H. The molecule has 0 radical (unpaired) electrons. The molecule has 0 spiro atoms. The average molecular weight is 1130 g/mol. The summed E-state index contributed by atoms with van der Waals surface area (Å²) in [5.41, 5.74) is 17.5. The van der Waals surface area contributed by atoms with E-state index < -0.39 is 0 Å². The Bertz CT molecular complexity index is 5410. The van der Waals surface area contributed by atoms with Crippen LogP contribution in [0.25, 0.3) is 93.4 Å². The van der Waals surface area contributed by atoms with E-state index >= 15 is 0 Å². The van der Waals surface area contributed by atoms with Crippen molar-refractivity contribution in [1.82, 2.24) is 23.7 Å². The molecule has 414 valence electrons. The lowest BCUT2D eigenvalue weighted by atomic mass is 10.1. The van der Waals surface area contributed by atoms with Crippen LogP contribution in [-0.4, -0.2) is 23.7 Å². The summed E-state index contributed by atoms with van der Waals surface area (Å²) >= 11 is 0. The zero-order valence-electron chi connectivity index (χ0n) is 47.8. The second-order valence-electron chi connectivity index (χ2n) is 22.2. The van der Waals surface area contributed by atoms with Crippen LogP contribution in [0.5, 0.6) is 0 Å². The number of anilines is 9. The van der Waals surface area contributed by atoms with Crippen LogP contribution >= 0.6 is 0 Å². The van der Waals surface area contributed by atoms with E-state index in [9.17, 15) is 0 Å². The molecule has 0 saturated heterocycles. The van der Waals surface area contributed by atoms with Gasteiger partial charge in [-0.1, -0.05) is 176 Å². The summed E-state index contributed by atoms with van der Waals surface area (Å²) in [6, 6.07) is 117. The summed E-state index contributed by atoms with van der Waals surface area (Å²) in [6.45, 7) is 0. The quantitative estimate of drug-likeness (QED) is 0.122. The van der Waals surface area contributed by atoms with Gasteiger partial charge in [0.05, 0.1) is 44.3 Å². The summed E-state index contributed by atoms with van der Waals surface area (Å²) in [5, 5.41) is 7.84. The molecule has 17 rings (SSSR count). The van der Waals surface area contributed by atoms with Crippen LogP contribution in [0.15, 0.2) is 328 Å². The number of hydrogen-bond acceptors (Lipinski definition) is 5. The molecule has 0 saturated carbocycles. The van der Waals surface area contributed by atoms with Crippen molar-refractivity contribution in [3.63, 3.8) is 0 Å². The Labute approximate surface area is 508 Å². The molecule has 4 heterocycles. The molecule has 0 N–H and O–H groups in total. The molecule has 13 aromatic carbocycles. The lowest BCUT2D eigenvalue weighted by Gasteiger charge is -2.29. The van der Waals surface area contributed by atoms with Gasteiger partial charge in [-0.3, -0.25) is 9.80 Å². The maximum absolute atomic E-state index is 5.97. The largest absolute Gasteiger partial charge is 0.310 e. The SMILES string of the molecule is c1ccc(N(c2ccccc2)c2ccc3c4ccccc4n(-c4ccc5nc(N(c6ccccc6)c6ccc7c8ccccc8n(-c8ccccc8)c7c6)nc(N(c6ccccc6)c6ccc7c(c6)c6ccccc6n7-c6ccccc6)c5c4)c3c2)cc1. The highest BCUT2D eigenvalue weighted by molar-refractivity contribution is 6.14. The maximum atomic E-state index is 5.97. The minimum atomic E-state index is 0.522. The van der Waals surface area contributed by atoms with Crippen LogP contribution in [0.3, 0.4) is 0 Å². The molecule has 0 aliphatic carbocycles. The number of nitrogens with zero attached hydrogens (tertiary/aromatic N) is 8. The lowest BCUT2D eigenvalue weighted by Crippen LogP contribution is -2.18. The van der Waals surface area contributed by atoms with Gasteiger partial charge in [0.25, 0.3) is 0 Å². The number of hydrogen-bond donors (Lipinski definition) is 0. The third kappa shape index (κ3) is 8.37. The van der Waals surface area contributed by atoms with Crippen LogP contribution < -0.4 is 14.7 Å². The summed E-state index contributed by atoms with van der Waals surface area (Å²) < 4.78 is 7.15. The topological polar surface area (TPSA) is 50.3 Å². The third-order valence-electron chi connectivity index (χ3n) is 17.1. The number of aromatic nitrogens is 5. The van der Waals surface area contributed by atoms with E-state index in [1.165, 1.54) is 5.39 Å². The monoisotopic (exact) mass is 1130 g/mol. The Balaban J connectivity index is 0.937. The third-order valence-corrected chi connectivity index (χ3v) is 17.1. The summed E-state index contributed by atoms with van der Waals surface area (Å²) in [4.78, 5) is 18.5. The molecule has 88 heavy (non-hydrogen) atoms. The summed E-state index contributed by atoms with van der Waals surface area (Å²) in [7, 11) is 0. The van der Waals surface area contributed by atoms with E-state index in [4.69, 9.17) is 9.97 Å². The van der Waals surface area contributed by atoms with Crippen LogP contribution in [0.1, 0.15) is 0 Å². The maximum Gasteiger partial charge on any atom is 0.237 e. The zero-order chi connectivity index (χ0) is 58.1. The van der Waals surface area contributed by atoms with Crippen molar-refractivity contribution in [3.8, 4) is 17.1 Å². The smallest absolute Gasteiger partial charge is 0.237 e. The second-order valence-corrected chi connectivity index (χ2v) is 22.2. The van der Waals surface area contributed by atoms with E-state index in [-0.39, 0.29) is 0 Å². The van der Waals surface area contributed by atoms with Crippen LogP contribution in [-0.2, 0) is 0 Å². The van der Waals surface area contributed by atoms with Gasteiger partial charge in [0.15, 0.2) is 5.82 Å². The van der Waals surface area contributed by atoms with E-state index in [0.717, 1.165) is 134 Å². The Kier molecular flexibility index (Phi) is 12.0. The predicted molar refractivity (Wildman–Crippen MR) is 367 cm³/mol. The molecule has 8 nitrogen and oxygen atoms in total. The Morgan fingerprint density at radius 1 is 0.205 bits per heavy atom. The highest BCUT2D eigenvalue weighted by atomic mass is 15.3. The summed E-state index contributed by atoms with van der Waals surface area (Å²) in [6.07, 6.45) is 0. The average Bonchev–Trinajstić information content (AvgIpc) is 2.57. The fourth-order valence-electron chi connectivity index (χ4n) is 13.3. The fourth-order valence-corrected chi connectivity index (χ4v) is 13.3. The van der Waals surface area contributed by atoms with Crippen molar-refractivity contribution < 1.29 is 0 Å². The second kappa shape index (κ2) is 21.0. The normalized spacial score (nSPS) is 11.6. The Morgan fingerprint density at radius 3 is 1.08 bits per heavy atom. The van der Waals surface area contributed by atoms with Crippen LogP contribution in [0.2, 0.25) is 0 Å². The van der Waals surface area contributed by atoms with E-state index in [1.807, 2.05) is 0 Å². The first-order valence-electron chi connectivity index (χ1n) is 29.8. The van der Waals surface area contributed by atoms with E-state index in [2.05, 4.69) is 356 Å². The number of benzene rings is 13. The molecule has 4 aromatic heterocycles. The molecular weight excluding hydrogens is 1070 g/mol. The molecule has 0 aliphatic rings. The van der Waals surface area contributed by atoms with Crippen LogP contribution in [0.4, 0.5) is 51.6 Å². The van der Waals surface area contributed by atoms with Crippen molar-refractivity contribution in [1.29, 1.82) is 0 Å². The number of para-hydroxylation sites is 9. The number of rotatable bonds is 12. The minimum absolute atomic E-state index is 0.522. The summed E-state index contributed by atoms with van der Waals surface area (Å²) in [5.74, 6) is 1.25. The van der Waals surface area contributed by atoms with Gasteiger partial charge in [-0.25, -0.2) is 4.98 Å².